The number of hydrogen-bond donors (Lipinski definition) is 0. The first kappa shape index (κ1) is 48.7. The molecule has 5 rings (SSSR count). The lowest BCUT2D eigenvalue weighted by atomic mass is 9.82. The fourth-order valence-electron chi connectivity index (χ4n) is 10.5. The highest BCUT2D eigenvalue weighted by Crippen LogP contribution is 2.35. The maximum atomic E-state index is 13.2. The highest BCUT2D eigenvalue weighted by atomic mass is 16.6. The third-order valence-corrected chi connectivity index (χ3v) is 14.7. The van der Waals surface area contributed by atoms with Crippen molar-refractivity contribution in [1.82, 2.24) is 0 Å². The maximum Gasteiger partial charge on any atom is 0.309 e. The van der Waals surface area contributed by atoms with Crippen LogP contribution >= 0.6 is 0 Å². The van der Waals surface area contributed by atoms with Gasteiger partial charge >= 0.3 is 17.9 Å². The summed E-state index contributed by atoms with van der Waals surface area (Å²) in [6, 6.07) is 0.705. The summed E-state index contributed by atoms with van der Waals surface area (Å²) in [6.45, 7) is 7.39. The van der Waals surface area contributed by atoms with Gasteiger partial charge in [-0.2, -0.15) is 0 Å². The number of nitrogens with zero attached hydrogens (tertiary/aromatic N) is 2. The van der Waals surface area contributed by atoms with Crippen molar-refractivity contribution in [3.05, 3.63) is 0 Å². The van der Waals surface area contributed by atoms with E-state index in [1.54, 1.807) is 0 Å². The van der Waals surface area contributed by atoms with Gasteiger partial charge in [0.05, 0.1) is 30.0 Å². The summed E-state index contributed by atoms with van der Waals surface area (Å²) >= 11 is 0. The van der Waals surface area contributed by atoms with E-state index < -0.39 is 0 Å². The van der Waals surface area contributed by atoms with Gasteiger partial charge in [-0.1, -0.05) is 65.2 Å². The molecule has 0 radical (unpaired) electrons. The van der Waals surface area contributed by atoms with Gasteiger partial charge in [-0.15, -0.1) is 0 Å². The molecule has 0 N–H and O–H groups in total. The molecule has 342 valence electrons. The second kappa shape index (κ2) is 27.7. The van der Waals surface area contributed by atoms with Crippen LogP contribution in [0.25, 0.3) is 0 Å². The van der Waals surface area contributed by atoms with E-state index >= 15 is 0 Å². The number of rotatable bonds is 23. The van der Waals surface area contributed by atoms with E-state index in [9.17, 15) is 14.4 Å². The number of ether oxygens (including phenoxy) is 4. The molecule has 0 spiro atoms. The Morgan fingerprint density at radius 2 is 0.967 bits per heavy atom. The van der Waals surface area contributed by atoms with Gasteiger partial charge in [0.1, 0.15) is 12.2 Å². The minimum absolute atomic E-state index is 0.00833. The van der Waals surface area contributed by atoms with Gasteiger partial charge in [-0.3, -0.25) is 24.4 Å². The number of unbranched alkanes of at least 4 members (excludes halogenated alkanes) is 8. The van der Waals surface area contributed by atoms with Crippen LogP contribution < -0.4 is 0 Å². The Hall–Kier alpha value is -2.29. The van der Waals surface area contributed by atoms with Gasteiger partial charge in [0.15, 0.2) is 0 Å². The summed E-state index contributed by atoms with van der Waals surface area (Å²) in [7, 11) is 0. The minimum Gasteiger partial charge on any atom is -0.462 e. The van der Waals surface area contributed by atoms with Crippen molar-refractivity contribution in [2.75, 3.05) is 6.61 Å². The normalized spacial score (nSPS) is 32.1. The number of esters is 3. The molecule has 0 heterocycles. The van der Waals surface area contributed by atoms with Gasteiger partial charge in [0, 0.05) is 37.5 Å². The van der Waals surface area contributed by atoms with E-state index in [-0.39, 0.29) is 60.0 Å². The lowest BCUT2D eigenvalue weighted by Gasteiger charge is -2.33. The van der Waals surface area contributed by atoms with Crippen molar-refractivity contribution in [3.8, 4) is 0 Å². The van der Waals surface area contributed by atoms with Gasteiger partial charge in [-0.25, -0.2) is 0 Å². The molecule has 5 fully saturated rings. The third-order valence-electron chi connectivity index (χ3n) is 14.7. The van der Waals surface area contributed by atoms with Crippen LogP contribution in [-0.2, 0) is 33.3 Å². The van der Waals surface area contributed by atoms with Crippen LogP contribution in [0.1, 0.15) is 220 Å². The van der Waals surface area contributed by atoms with Crippen molar-refractivity contribution < 1.29 is 33.3 Å². The van der Waals surface area contributed by atoms with E-state index in [0.717, 1.165) is 141 Å². The third kappa shape index (κ3) is 17.8. The first-order chi connectivity index (χ1) is 29.3. The monoisotopic (exact) mass is 839 g/mol. The fraction of sp³-hybridized carbons (Fsp3) is 0.902. The molecule has 0 aromatic carbocycles. The number of hydrogen-bond acceptors (Lipinski definition) is 9. The van der Waals surface area contributed by atoms with Crippen molar-refractivity contribution in [3.63, 3.8) is 0 Å². The Bertz CT molecular complexity index is 1270. The Morgan fingerprint density at radius 1 is 0.517 bits per heavy atom. The summed E-state index contributed by atoms with van der Waals surface area (Å²) in [5.74, 6) is 0.620. The molecule has 5 aliphatic carbocycles. The average molecular weight is 839 g/mol. The quantitative estimate of drug-likeness (QED) is 0.0436. The molecule has 9 heteroatoms. The Morgan fingerprint density at radius 3 is 1.50 bits per heavy atom. The van der Waals surface area contributed by atoms with Crippen LogP contribution in [0.2, 0.25) is 0 Å². The van der Waals surface area contributed by atoms with Crippen molar-refractivity contribution >= 4 is 30.3 Å². The van der Waals surface area contributed by atoms with E-state index in [1.165, 1.54) is 57.8 Å². The second-order valence-corrected chi connectivity index (χ2v) is 19.8. The summed E-state index contributed by atoms with van der Waals surface area (Å²) in [5.41, 5.74) is 0. The van der Waals surface area contributed by atoms with Crippen LogP contribution in [0.3, 0.4) is 0 Å². The Kier molecular flexibility index (Phi) is 22.5. The summed E-state index contributed by atoms with van der Waals surface area (Å²) in [6.07, 6.45) is 36.7. The summed E-state index contributed by atoms with van der Waals surface area (Å²) < 4.78 is 24.1. The largest absolute Gasteiger partial charge is 0.462 e. The molecule has 0 saturated heterocycles. The van der Waals surface area contributed by atoms with Gasteiger partial charge < -0.3 is 18.9 Å². The highest BCUT2D eigenvalue weighted by Gasteiger charge is 2.35. The fourth-order valence-corrected chi connectivity index (χ4v) is 10.5. The van der Waals surface area contributed by atoms with Crippen LogP contribution in [0.15, 0.2) is 9.98 Å². The molecule has 0 aromatic rings. The number of carbonyl (C=O) groups excluding carboxylic acids is 3. The summed E-state index contributed by atoms with van der Waals surface area (Å²) in [5, 5.41) is 0. The van der Waals surface area contributed by atoms with Gasteiger partial charge in [-0.05, 0) is 160 Å². The van der Waals surface area contributed by atoms with Crippen molar-refractivity contribution in [2.45, 2.75) is 256 Å². The number of carbonyl (C=O) groups is 3. The molecule has 0 aromatic heterocycles. The van der Waals surface area contributed by atoms with E-state index in [1.807, 2.05) is 6.92 Å². The molecular weight excluding hydrogens is 753 g/mol. The zero-order valence-corrected chi connectivity index (χ0v) is 38.4. The molecule has 3 unspecified atom stereocenters. The Labute approximate surface area is 365 Å². The smallest absolute Gasteiger partial charge is 0.309 e. The zero-order chi connectivity index (χ0) is 42.4. The van der Waals surface area contributed by atoms with Crippen LogP contribution in [0.4, 0.5) is 0 Å². The molecule has 5 saturated carbocycles. The van der Waals surface area contributed by atoms with E-state index in [0.29, 0.717) is 30.4 Å². The predicted octanol–water partition coefficient (Wildman–Crippen LogP) is 12.3. The Balaban J connectivity index is 0.891. The molecule has 0 aliphatic heterocycles. The van der Waals surface area contributed by atoms with Crippen LogP contribution in [0.5, 0.6) is 0 Å². The maximum absolute atomic E-state index is 13.2. The molecule has 0 bridgehead atoms. The molecule has 5 aliphatic rings. The standard InChI is InChI=1S/C51H86N2O7/c1-4-6-8-9-10-11-13-34-57-46-32-30-45(31-33-46)53-37-40-20-24-42(25-21-40)51(56)60-48-17-14-16-47(35-48)59-50(55)41-22-18-39(19-23-41)36-52-44-28-26-43(27-29-44)49(54)58-38(3)15-12-7-5-2/h36-48H,4-35H2,1-3H3. The van der Waals surface area contributed by atoms with Crippen LogP contribution in [0, 0.1) is 29.6 Å². The first-order valence-electron chi connectivity index (χ1n) is 25.6. The average Bonchev–Trinajstić information content (AvgIpc) is 3.27. The minimum atomic E-state index is -0.168. The zero-order valence-electron chi connectivity index (χ0n) is 38.4. The molecule has 0 amide bonds. The molecule has 3 atom stereocenters. The SMILES string of the molecule is CCCCCCCCCOC1CCC(N=CC2CCC(C(=O)OC3CCCC(OC(=O)C4CCC(C=NC5CCC(C(=O)OC(C)CCCCC)CC5)CC4)C3)CC2)CC1. The lowest BCUT2D eigenvalue weighted by Crippen LogP contribution is -2.35. The second-order valence-electron chi connectivity index (χ2n) is 19.8. The first-order valence-corrected chi connectivity index (χ1v) is 25.6. The van der Waals surface area contributed by atoms with Crippen molar-refractivity contribution in [2.24, 2.45) is 39.6 Å². The van der Waals surface area contributed by atoms with Gasteiger partial charge in [0.2, 0.25) is 0 Å². The summed E-state index contributed by atoms with van der Waals surface area (Å²) in [4.78, 5) is 49.1. The van der Waals surface area contributed by atoms with Crippen molar-refractivity contribution in [1.29, 1.82) is 0 Å². The molecule has 60 heavy (non-hydrogen) atoms. The highest BCUT2D eigenvalue weighted by molar-refractivity contribution is 5.74. The molecular formula is C51H86N2O7. The predicted molar refractivity (Wildman–Crippen MR) is 242 cm³/mol. The number of aliphatic imine (C=N–C) groups is 2. The lowest BCUT2D eigenvalue weighted by molar-refractivity contribution is -0.165. The topological polar surface area (TPSA) is 113 Å². The molecule has 9 nitrogen and oxygen atoms in total. The van der Waals surface area contributed by atoms with Gasteiger partial charge in [0.25, 0.3) is 0 Å². The van der Waals surface area contributed by atoms with E-state index in [4.69, 9.17) is 28.9 Å². The van der Waals surface area contributed by atoms with E-state index in [2.05, 4.69) is 26.3 Å². The van der Waals surface area contributed by atoms with Crippen LogP contribution in [-0.4, -0.2) is 73.4 Å².